The van der Waals surface area contributed by atoms with Gasteiger partial charge in [0.2, 0.25) is 0 Å². The fourth-order valence-electron chi connectivity index (χ4n) is 1.69. The van der Waals surface area contributed by atoms with Crippen molar-refractivity contribution < 1.29 is 17.6 Å². The second kappa shape index (κ2) is 5.36. The van der Waals surface area contributed by atoms with Gasteiger partial charge in [-0.1, -0.05) is 0 Å². The van der Waals surface area contributed by atoms with E-state index in [-0.39, 0.29) is 12.6 Å². The highest BCUT2D eigenvalue weighted by molar-refractivity contribution is 5.46. The third kappa shape index (κ3) is 3.29. The fourth-order valence-corrected chi connectivity index (χ4v) is 1.69. The molecule has 1 unspecified atom stereocenters. The van der Waals surface area contributed by atoms with Crippen LogP contribution in [0.4, 0.5) is 18.9 Å². The molecular weight excluding hydrogens is 257 g/mol. The van der Waals surface area contributed by atoms with E-state index in [1.54, 1.807) is 12.1 Å². The molecule has 1 atom stereocenters. The Morgan fingerprint density at radius 1 is 1.16 bits per heavy atom. The van der Waals surface area contributed by atoms with Gasteiger partial charge in [0.1, 0.15) is 5.76 Å². The van der Waals surface area contributed by atoms with Crippen LogP contribution in [-0.4, -0.2) is 6.54 Å². The Bertz CT molecular complexity index is 506. The Kier molecular flexibility index (Phi) is 3.80. The molecule has 0 saturated carbocycles. The molecule has 0 aliphatic heterocycles. The summed E-state index contributed by atoms with van der Waals surface area (Å²) in [5.41, 5.74) is 5.48. The monoisotopic (exact) mass is 270 g/mol. The lowest BCUT2D eigenvalue weighted by atomic mass is 10.1. The molecule has 3 N–H and O–H groups in total. The third-order valence-corrected chi connectivity index (χ3v) is 2.68. The average molecular weight is 270 g/mol. The summed E-state index contributed by atoms with van der Waals surface area (Å²) in [5.74, 6) is 0.641. The fraction of sp³-hybridized carbons (Fsp3) is 0.231. The van der Waals surface area contributed by atoms with Crippen molar-refractivity contribution in [1.29, 1.82) is 0 Å². The molecule has 19 heavy (non-hydrogen) atoms. The number of anilines is 1. The number of hydrogen-bond donors (Lipinski definition) is 2. The summed E-state index contributed by atoms with van der Waals surface area (Å²) >= 11 is 0. The zero-order valence-corrected chi connectivity index (χ0v) is 9.95. The number of nitrogens with two attached hydrogens (primary N) is 1. The number of benzene rings is 1. The van der Waals surface area contributed by atoms with Gasteiger partial charge in [-0.2, -0.15) is 13.2 Å². The predicted octanol–water partition coefficient (Wildman–Crippen LogP) is 3.41. The van der Waals surface area contributed by atoms with Gasteiger partial charge in [-0.25, -0.2) is 0 Å². The van der Waals surface area contributed by atoms with Crippen molar-refractivity contribution in [2.24, 2.45) is 5.73 Å². The van der Waals surface area contributed by atoms with Gasteiger partial charge in [0.25, 0.3) is 0 Å². The number of hydrogen-bond acceptors (Lipinski definition) is 3. The number of rotatable bonds is 4. The van der Waals surface area contributed by atoms with Gasteiger partial charge in [0.05, 0.1) is 17.9 Å². The van der Waals surface area contributed by atoms with Crippen LogP contribution >= 0.6 is 0 Å². The zero-order valence-electron chi connectivity index (χ0n) is 9.95. The molecule has 0 saturated heterocycles. The molecule has 2 aromatic rings. The van der Waals surface area contributed by atoms with E-state index in [0.29, 0.717) is 11.4 Å². The minimum atomic E-state index is -4.33. The SMILES string of the molecule is NCC(Nc1ccc(C(F)(F)F)cc1)c1ccco1. The van der Waals surface area contributed by atoms with Crippen molar-refractivity contribution in [3.63, 3.8) is 0 Å². The number of alkyl halides is 3. The predicted molar refractivity (Wildman–Crippen MR) is 65.6 cm³/mol. The van der Waals surface area contributed by atoms with E-state index in [9.17, 15) is 13.2 Å². The summed E-state index contributed by atoms with van der Waals surface area (Å²) in [5, 5.41) is 3.02. The van der Waals surface area contributed by atoms with Crippen LogP contribution in [0.25, 0.3) is 0 Å². The van der Waals surface area contributed by atoms with Crippen LogP contribution in [0.5, 0.6) is 0 Å². The first-order chi connectivity index (χ1) is 9.00. The van der Waals surface area contributed by atoms with E-state index in [1.165, 1.54) is 18.4 Å². The van der Waals surface area contributed by atoms with E-state index < -0.39 is 11.7 Å². The molecule has 6 heteroatoms. The topological polar surface area (TPSA) is 51.2 Å². The summed E-state index contributed by atoms with van der Waals surface area (Å²) < 4.78 is 42.5. The Balaban J connectivity index is 2.11. The lowest BCUT2D eigenvalue weighted by molar-refractivity contribution is -0.137. The molecule has 1 heterocycles. The molecule has 0 amide bonds. The molecule has 0 bridgehead atoms. The van der Waals surface area contributed by atoms with E-state index in [0.717, 1.165) is 12.1 Å². The van der Waals surface area contributed by atoms with Crippen molar-refractivity contribution in [2.75, 3.05) is 11.9 Å². The van der Waals surface area contributed by atoms with Crippen molar-refractivity contribution in [3.8, 4) is 0 Å². The summed E-state index contributed by atoms with van der Waals surface area (Å²) in [4.78, 5) is 0. The van der Waals surface area contributed by atoms with Gasteiger partial charge in [-0.15, -0.1) is 0 Å². The number of furan rings is 1. The lowest BCUT2D eigenvalue weighted by Gasteiger charge is -2.16. The summed E-state index contributed by atoms with van der Waals surface area (Å²) in [6.07, 6.45) is -2.81. The molecule has 0 aliphatic rings. The standard InChI is InChI=1S/C13H13F3N2O/c14-13(15,16)9-3-5-10(6-4-9)18-11(8-17)12-2-1-7-19-12/h1-7,11,18H,8,17H2. The molecule has 0 aliphatic carbocycles. The maximum Gasteiger partial charge on any atom is 0.416 e. The summed E-state index contributed by atoms with van der Waals surface area (Å²) in [6, 6.07) is 8.01. The van der Waals surface area contributed by atoms with Crippen molar-refractivity contribution in [2.45, 2.75) is 12.2 Å². The van der Waals surface area contributed by atoms with Crippen molar-refractivity contribution in [3.05, 3.63) is 54.0 Å². The number of nitrogens with one attached hydrogen (secondary N) is 1. The van der Waals surface area contributed by atoms with Crippen LogP contribution in [0.2, 0.25) is 0 Å². The maximum atomic E-state index is 12.4. The largest absolute Gasteiger partial charge is 0.467 e. The Morgan fingerprint density at radius 3 is 2.32 bits per heavy atom. The molecule has 2 rings (SSSR count). The van der Waals surface area contributed by atoms with Gasteiger partial charge in [0, 0.05) is 12.2 Å². The highest BCUT2D eigenvalue weighted by Gasteiger charge is 2.30. The van der Waals surface area contributed by atoms with E-state index >= 15 is 0 Å². The van der Waals surface area contributed by atoms with Gasteiger partial charge in [0.15, 0.2) is 0 Å². The molecule has 0 radical (unpaired) electrons. The first-order valence-electron chi connectivity index (χ1n) is 5.68. The van der Waals surface area contributed by atoms with Crippen LogP contribution in [0, 0.1) is 0 Å². The normalized spacial score (nSPS) is 13.3. The Hall–Kier alpha value is -1.95. The maximum absolute atomic E-state index is 12.4. The highest BCUT2D eigenvalue weighted by Crippen LogP contribution is 2.30. The lowest BCUT2D eigenvalue weighted by Crippen LogP contribution is -2.20. The first-order valence-corrected chi connectivity index (χ1v) is 5.68. The Morgan fingerprint density at radius 2 is 1.84 bits per heavy atom. The quantitative estimate of drug-likeness (QED) is 0.895. The van der Waals surface area contributed by atoms with Crippen LogP contribution in [0.1, 0.15) is 17.4 Å². The molecule has 0 fully saturated rings. The molecule has 3 nitrogen and oxygen atoms in total. The minimum Gasteiger partial charge on any atom is -0.467 e. The van der Waals surface area contributed by atoms with Gasteiger partial charge in [-0.3, -0.25) is 0 Å². The smallest absolute Gasteiger partial charge is 0.416 e. The summed E-state index contributed by atoms with van der Waals surface area (Å²) in [7, 11) is 0. The third-order valence-electron chi connectivity index (χ3n) is 2.68. The highest BCUT2D eigenvalue weighted by atomic mass is 19.4. The second-order valence-corrected chi connectivity index (χ2v) is 4.02. The Labute approximate surface area is 108 Å². The minimum absolute atomic E-state index is 0.272. The van der Waals surface area contributed by atoms with Crippen LogP contribution in [-0.2, 0) is 6.18 Å². The average Bonchev–Trinajstić information content (AvgIpc) is 2.89. The molecule has 0 spiro atoms. The molecule has 102 valence electrons. The summed E-state index contributed by atoms with van der Waals surface area (Å²) in [6.45, 7) is 0.272. The first kappa shape index (κ1) is 13.5. The van der Waals surface area contributed by atoms with E-state index in [2.05, 4.69) is 5.32 Å². The van der Waals surface area contributed by atoms with Crippen molar-refractivity contribution >= 4 is 5.69 Å². The molecule has 1 aromatic carbocycles. The zero-order chi connectivity index (χ0) is 13.9. The van der Waals surface area contributed by atoms with E-state index in [4.69, 9.17) is 10.2 Å². The van der Waals surface area contributed by atoms with Gasteiger partial charge < -0.3 is 15.5 Å². The van der Waals surface area contributed by atoms with Gasteiger partial charge >= 0.3 is 6.18 Å². The second-order valence-electron chi connectivity index (χ2n) is 4.02. The molecule has 1 aromatic heterocycles. The van der Waals surface area contributed by atoms with Gasteiger partial charge in [-0.05, 0) is 36.4 Å². The molecular formula is C13H13F3N2O. The van der Waals surface area contributed by atoms with Crippen LogP contribution in [0.3, 0.4) is 0 Å². The van der Waals surface area contributed by atoms with Crippen LogP contribution in [0.15, 0.2) is 47.1 Å². The van der Waals surface area contributed by atoms with E-state index in [1.807, 2.05) is 0 Å². The van der Waals surface area contributed by atoms with Crippen LogP contribution < -0.4 is 11.1 Å². The number of halogens is 3. The van der Waals surface area contributed by atoms with Crippen molar-refractivity contribution in [1.82, 2.24) is 0 Å².